The van der Waals surface area contributed by atoms with Gasteiger partial charge in [-0.1, -0.05) is 113 Å². The quantitative estimate of drug-likeness (QED) is 0.114. The fraction of sp³-hybridized carbons (Fsp3) is 0.444. The van der Waals surface area contributed by atoms with Crippen LogP contribution in [-0.2, 0) is 27.1 Å². The van der Waals surface area contributed by atoms with Crippen molar-refractivity contribution in [2.75, 3.05) is 0 Å². The summed E-state index contributed by atoms with van der Waals surface area (Å²) in [6, 6.07) is 23.7. The SMILES string of the molecule is CC.CC(C)(C)c1ccc2c3cc4c5c6c7c(C#N)cc5n5c8cc(C#N)c9c(c8c(c3oc3cccc1c32)c45)C(C)(C)CCCC9(C)CCC7(C)CCCC6(C)C. The van der Waals surface area contributed by atoms with E-state index in [-0.39, 0.29) is 27.1 Å². The zero-order chi connectivity index (χ0) is 41.1. The Kier molecular flexibility index (Phi) is 7.56. The lowest BCUT2D eigenvalue weighted by atomic mass is 9.64. The van der Waals surface area contributed by atoms with Gasteiger partial charge in [0.2, 0.25) is 0 Å². The van der Waals surface area contributed by atoms with Crippen molar-refractivity contribution in [3.05, 3.63) is 87.5 Å². The third-order valence-corrected chi connectivity index (χ3v) is 15.5. The molecular formula is C54H57N3O. The van der Waals surface area contributed by atoms with Crippen molar-refractivity contribution in [2.24, 2.45) is 0 Å². The number of nitriles is 2. The lowest BCUT2D eigenvalue weighted by Crippen LogP contribution is -2.32. The molecule has 2 atom stereocenters. The Hall–Kier alpha value is -5.06. The van der Waals surface area contributed by atoms with Crippen LogP contribution in [0.3, 0.4) is 0 Å². The van der Waals surface area contributed by atoms with Crippen LogP contribution < -0.4 is 0 Å². The zero-order valence-electron chi connectivity index (χ0n) is 36.5. The molecule has 294 valence electrons. The van der Waals surface area contributed by atoms with Crippen molar-refractivity contribution in [2.45, 2.75) is 155 Å². The molecule has 4 nitrogen and oxygen atoms in total. The van der Waals surface area contributed by atoms with E-state index < -0.39 is 0 Å². The Morgan fingerprint density at radius 3 is 1.72 bits per heavy atom. The number of nitrogens with zero attached hydrogens (tertiary/aromatic N) is 3. The normalized spacial score (nSPS) is 22.6. The van der Waals surface area contributed by atoms with Gasteiger partial charge in [0.1, 0.15) is 11.2 Å². The number of fused-ring (bicyclic) bond motifs is 4. The lowest BCUT2D eigenvalue weighted by Gasteiger charge is -2.39. The highest BCUT2D eigenvalue weighted by Crippen LogP contribution is 2.59. The summed E-state index contributed by atoms with van der Waals surface area (Å²) in [7, 11) is 0. The minimum absolute atomic E-state index is 0.0311. The topological polar surface area (TPSA) is 65.1 Å². The first-order valence-corrected chi connectivity index (χ1v) is 22.0. The summed E-state index contributed by atoms with van der Waals surface area (Å²) < 4.78 is 9.82. The molecule has 4 heterocycles. The van der Waals surface area contributed by atoms with Crippen LogP contribution in [0.25, 0.3) is 70.8 Å². The molecule has 0 saturated heterocycles. The Balaban J connectivity index is 0.00000201. The lowest BCUT2D eigenvalue weighted by molar-refractivity contribution is 0.303. The first-order valence-electron chi connectivity index (χ1n) is 22.0. The fourth-order valence-corrected chi connectivity index (χ4v) is 12.8. The van der Waals surface area contributed by atoms with Gasteiger partial charge in [-0.2, -0.15) is 10.5 Å². The molecule has 0 fully saturated rings. The summed E-state index contributed by atoms with van der Waals surface area (Å²) in [6.07, 6.45) is 8.38. The van der Waals surface area contributed by atoms with Crippen molar-refractivity contribution in [3.8, 4) is 12.1 Å². The second-order valence-electron chi connectivity index (χ2n) is 21.0. The van der Waals surface area contributed by atoms with Crippen LogP contribution in [0.15, 0.2) is 52.9 Å². The molecule has 58 heavy (non-hydrogen) atoms. The van der Waals surface area contributed by atoms with Gasteiger partial charge in [-0.05, 0) is 128 Å². The third kappa shape index (κ3) is 4.56. The number of rotatable bonds is 0. The largest absolute Gasteiger partial charge is 0.455 e. The van der Waals surface area contributed by atoms with E-state index in [9.17, 15) is 10.5 Å². The van der Waals surface area contributed by atoms with E-state index >= 15 is 0 Å². The van der Waals surface area contributed by atoms with Crippen LogP contribution in [0.5, 0.6) is 0 Å². The van der Waals surface area contributed by atoms with Crippen molar-refractivity contribution in [1.29, 1.82) is 10.5 Å². The molecule has 0 amide bonds. The maximum atomic E-state index is 11.2. The number of aromatic nitrogens is 1. The molecule has 3 aromatic heterocycles. The maximum absolute atomic E-state index is 11.2. The van der Waals surface area contributed by atoms with Crippen LogP contribution >= 0.6 is 0 Å². The number of hydrogen-bond donors (Lipinski definition) is 0. The molecule has 5 aromatic carbocycles. The monoisotopic (exact) mass is 763 g/mol. The average Bonchev–Trinajstić information content (AvgIpc) is 3.63. The maximum Gasteiger partial charge on any atom is 0.145 e. The van der Waals surface area contributed by atoms with E-state index in [1.165, 1.54) is 60.1 Å². The molecule has 3 aliphatic carbocycles. The van der Waals surface area contributed by atoms with Crippen LogP contribution in [0.1, 0.15) is 166 Å². The van der Waals surface area contributed by atoms with Crippen LogP contribution in [-0.4, -0.2) is 4.40 Å². The van der Waals surface area contributed by atoms with Crippen molar-refractivity contribution >= 4 is 70.8 Å². The third-order valence-electron chi connectivity index (χ3n) is 15.5. The molecule has 4 heteroatoms. The molecule has 0 spiro atoms. The van der Waals surface area contributed by atoms with Gasteiger partial charge in [-0.15, -0.1) is 0 Å². The predicted molar refractivity (Wildman–Crippen MR) is 243 cm³/mol. The minimum Gasteiger partial charge on any atom is -0.455 e. The highest BCUT2D eigenvalue weighted by atomic mass is 16.3. The summed E-state index contributed by atoms with van der Waals surface area (Å²) in [5.41, 5.74) is 12.5. The van der Waals surface area contributed by atoms with Gasteiger partial charge in [-0.3, -0.25) is 0 Å². The van der Waals surface area contributed by atoms with E-state index in [0.29, 0.717) is 0 Å². The molecular weight excluding hydrogens is 707 g/mol. The molecule has 0 radical (unpaired) electrons. The minimum atomic E-state index is -0.210. The first kappa shape index (κ1) is 37.2. The van der Waals surface area contributed by atoms with E-state index in [2.05, 4.69) is 127 Å². The number of benzene rings is 5. The molecule has 8 aromatic rings. The van der Waals surface area contributed by atoms with Gasteiger partial charge in [0.15, 0.2) is 0 Å². The standard InChI is InChI=1S/C52H51N3O.C2H6/c1-48(2,3)34-16-15-30-32-25-33-39-35-23-28(26-53)42-44(39)49(4,5)17-11-19-51(42,8)21-22-52(9)20-12-18-50(6,7)45-40-36(24-29(27-54)43(45)52)55(35)46(33)41(40)47(32)56-37-14-10-13-31(34)38(30)37;1-2/h10,13-16,23-25H,11-12,17-22H2,1-9H3;1-2H3. The molecule has 14 bridgehead atoms. The van der Waals surface area contributed by atoms with Crippen LogP contribution in [0.2, 0.25) is 0 Å². The Morgan fingerprint density at radius 2 is 1.16 bits per heavy atom. The molecule has 2 unspecified atom stereocenters. The second kappa shape index (κ2) is 11.8. The summed E-state index contributed by atoms with van der Waals surface area (Å²) in [5.74, 6) is 0. The molecule has 0 saturated carbocycles. The van der Waals surface area contributed by atoms with Gasteiger partial charge in [0, 0.05) is 26.9 Å². The molecule has 12 rings (SSSR count). The molecule has 4 aliphatic rings. The predicted octanol–water partition coefficient (Wildman–Crippen LogP) is 15.2. The summed E-state index contributed by atoms with van der Waals surface area (Å²) in [4.78, 5) is 0. The van der Waals surface area contributed by atoms with E-state index in [1.54, 1.807) is 0 Å². The second-order valence-corrected chi connectivity index (χ2v) is 21.0. The Labute approximate surface area is 343 Å². The van der Waals surface area contributed by atoms with Crippen molar-refractivity contribution in [3.63, 3.8) is 0 Å². The number of hydrogen-bond acceptors (Lipinski definition) is 3. The van der Waals surface area contributed by atoms with E-state index in [4.69, 9.17) is 4.42 Å². The molecule has 1 aliphatic heterocycles. The fourth-order valence-electron chi connectivity index (χ4n) is 12.8. The highest BCUT2D eigenvalue weighted by molar-refractivity contribution is 6.35. The van der Waals surface area contributed by atoms with Crippen LogP contribution in [0.4, 0.5) is 0 Å². The van der Waals surface area contributed by atoms with E-state index in [1.807, 2.05) is 13.8 Å². The highest BCUT2D eigenvalue weighted by Gasteiger charge is 2.47. The van der Waals surface area contributed by atoms with Gasteiger partial charge in [-0.25, -0.2) is 0 Å². The molecule has 0 N–H and O–H groups in total. The van der Waals surface area contributed by atoms with Gasteiger partial charge in [0.05, 0.1) is 45.2 Å². The summed E-state index contributed by atoms with van der Waals surface area (Å²) in [5, 5.41) is 32.1. The van der Waals surface area contributed by atoms with E-state index in [0.717, 1.165) is 101 Å². The van der Waals surface area contributed by atoms with Crippen molar-refractivity contribution in [1.82, 2.24) is 4.40 Å². The van der Waals surface area contributed by atoms with Crippen molar-refractivity contribution < 1.29 is 4.42 Å². The average molecular weight is 764 g/mol. The van der Waals surface area contributed by atoms with Gasteiger partial charge >= 0.3 is 0 Å². The van der Waals surface area contributed by atoms with Gasteiger partial charge in [0.25, 0.3) is 0 Å². The summed E-state index contributed by atoms with van der Waals surface area (Å²) >= 11 is 0. The Bertz CT molecular complexity index is 3180. The Morgan fingerprint density at radius 1 is 0.586 bits per heavy atom. The smallest absolute Gasteiger partial charge is 0.145 e. The summed E-state index contributed by atoms with van der Waals surface area (Å²) in [6.45, 7) is 25.5. The first-order chi connectivity index (χ1) is 27.5. The van der Waals surface area contributed by atoms with Gasteiger partial charge < -0.3 is 8.82 Å². The van der Waals surface area contributed by atoms with Crippen LogP contribution in [0, 0.1) is 22.7 Å². The zero-order valence-corrected chi connectivity index (χ0v) is 36.5.